The minimum absolute atomic E-state index is 0.155. The largest absolute Gasteiger partial charge is 0.351 e. The highest BCUT2D eigenvalue weighted by Crippen LogP contribution is 2.23. The summed E-state index contributed by atoms with van der Waals surface area (Å²) in [5.74, 6) is -0.155. The number of thiazole rings is 1. The smallest absolute Gasteiger partial charge is 0.273 e. The maximum absolute atomic E-state index is 12.2. The molecule has 3 aromatic rings. The Morgan fingerprint density at radius 3 is 2.90 bits per heavy atom. The van der Waals surface area contributed by atoms with Crippen LogP contribution in [0.1, 0.15) is 28.0 Å². The fraction of sp³-hybridized carbons (Fsp3) is 0.200. The van der Waals surface area contributed by atoms with E-state index >= 15 is 0 Å². The number of para-hydroxylation sites is 1. The number of carbonyl (C=O) groups excluding carboxylic acids is 1. The molecule has 0 bridgehead atoms. The van der Waals surface area contributed by atoms with Crippen LogP contribution in [0.5, 0.6) is 0 Å². The number of anilines is 1. The third kappa shape index (κ3) is 2.32. The Bertz CT molecular complexity index is 739. The number of nitrogens with one attached hydrogen (secondary N) is 2. The van der Waals surface area contributed by atoms with Crippen molar-refractivity contribution in [2.75, 3.05) is 5.32 Å². The van der Waals surface area contributed by atoms with Gasteiger partial charge in [0, 0.05) is 15.8 Å². The van der Waals surface area contributed by atoms with Crippen molar-refractivity contribution in [2.24, 2.45) is 0 Å². The number of carbonyl (C=O) groups is 1. The van der Waals surface area contributed by atoms with E-state index in [2.05, 4.69) is 22.2 Å². The van der Waals surface area contributed by atoms with Crippen LogP contribution in [0.25, 0.3) is 10.9 Å². The number of aromatic amines is 1. The van der Waals surface area contributed by atoms with Gasteiger partial charge in [0.25, 0.3) is 5.91 Å². The van der Waals surface area contributed by atoms with E-state index in [0.717, 1.165) is 27.9 Å². The summed E-state index contributed by atoms with van der Waals surface area (Å²) in [6.07, 6.45) is 0.880. The number of benzene rings is 1. The van der Waals surface area contributed by atoms with E-state index in [-0.39, 0.29) is 5.91 Å². The molecule has 4 nitrogen and oxygen atoms in total. The fourth-order valence-electron chi connectivity index (χ4n) is 2.17. The first-order valence-corrected chi connectivity index (χ1v) is 7.34. The number of amides is 1. The first-order valence-electron chi connectivity index (χ1n) is 6.52. The van der Waals surface area contributed by atoms with Gasteiger partial charge in [0.1, 0.15) is 5.69 Å². The molecule has 0 saturated heterocycles. The molecule has 0 spiro atoms. The average molecular weight is 285 g/mol. The van der Waals surface area contributed by atoms with Crippen LogP contribution in [0.3, 0.4) is 0 Å². The number of H-pyrrole nitrogens is 1. The van der Waals surface area contributed by atoms with Gasteiger partial charge < -0.3 is 4.98 Å². The maximum Gasteiger partial charge on any atom is 0.273 e. The lowest BCUT2D eigenvalue weighted by molar-refractivity contribution is 0.102. The minimum Gasteiger partial charge on any atom is -0.351 e. The zero-order valence-electron chi connectivity index (χ0n) is 11.4. The SMILES string of the molecule is CCc1nc(NC(=O)c2cc3ccccc3[nH]2)sc1C. The van der Waals surface area contributed by atoms with Gasteiger partial charge >= 0.3 is 0 Å². The molecule has 0 aliphatic rings. The molecule has 2 N–H and O–H groups in total. The van der Waals surface area contributed by atoms with Crippen LogP contribution < -0.4 is 5.32 Å². The summed E-state index contributed by atoms with van der Waals surface area (Å²) >= 11 is 1.51. The Morgan fingerprint density at radius 1 is 1.40 bits per heavy atom. The van der Waals surface area contributed by atoms with Crippen LogP contribution in [-0.2, 0) is 6.42 Å². The molecule has 0 fully saturated rings. The molecule has 1 aromatic carbocycles. The van der Waals surface area contributed by atoms with Gasteiger partial charge in [0.05, 0.1) is 5.69 Å². The number of fused-ring (bicyclic) bond motifs is 1. The maximum atomic E-state index is 12.2. The summed E-state index contributed by atoms with van der Waals surface area (Å²) in [5, 5.41) is 4.54. The van der Waals surface area contributed by atoms with Crippen LogP contribution in [-0.4, -0.2) is 15.9 Å². The molecule has 0 aliphatic carbocycles. The van der Waals surface area contributed by atoms with Crippen LogP contribution in [0.2, 0.25) is 0 Å². The Labute approximate surface area is 120 Å². The second-order valence-electron chi connectivity index (χ2n) is 4.60. The Balaban J connectivity index is 1.84. The number of hydrogen-bond donors (Lipinski definition) is 2. The molecule has 2 heterocycles. The van der Waals surface area contributed by atoms with Crippen LogP contribution >= 0.6 is 11.3 Å². The standard InChI is InChI=1S/C15H15N3OS/c1-3-11-9(2)20-15(17-11)18-14(19)13-8-10-6-4-5-7-12(10)16-13/h4-8,16H,3H2,1-2H3,(H,17,18,19). The lowest BCUT2D eigenvalue weighted by Crippen LogP contribution is -2.12. The minimum atomic E-state index is -0.155. The van der Waals surface area contributed by atoms with E-state index in [4.69, 9.17) is 0 Å². The number of rotatable bonds is 3. The van der Waals surface area contributed by atoms with Gasteiger partial charge in [-0.1, -0.05) is 25.1 Å². The van der Waals surface area contributed by atoms with Gasteiger partial charge in [-0.15, -0.1) is 11.3 Å². The van der Waals surface area contributed by atoms with Gasteiger partial charge in [-0.2, -0.15) is 0 Å². The second-order valence-corrected chi connectivity index (χ2v) is 5.80. The summed E-state index contributed by atoms with van der Waals surface area (Å²) in [5.41, 5.74) is 2.56. The van der Waals surface area contributed by atoms with Gasteiger partial charge in [-0.25, -0.2) is 4.98 Å². The Morgan fingerprint density at radius 2 is 2.20 bits per heavy atom. The predicted octanol–water partition coefficient (Wildman–Crippen LogP) is 3.75. The number of hydrogen-bond acceptors (Lipinski definition) is 3. The van der Waals surface area contributed by atoms with E-state index in [9.17, 15) is 4.79 Å². The van der Waals surface area contributed by atoms with Crippen molar-refractivity contribution in [3.8, 4) is 0 Å². The summed E-state index contributed by atoms with van der Waals surface area (Å²) < 4.78 is 0. The molecular formula is C15H15N3OS. The molecule has 0 saturated carbocycles. The normalized spacial score (nSPS) is 10.9. The van der Waals surface area contributed by atoms with Crippen molar-refractivity contribution in [1.29, 1.82) is 0 Å². The zero-order chi connectivity index (χ0) is 14.1. The van der Waals surface area contributed by atoms with Gasteiger partial charge in [-0.3, -0.25) is 10.1 Å². The molecule has 20 heavy (non-hydrogen) atoms. The number of aromatic nitrogens is 2. The first kappa shape index (κ1) is 12.9. The summed E-state index contributed by atoms with van der Waals surface area (Å²) in [4.78, 5) is 20.9. The van der Waals surface area contributed by atoms with Gasteiger partial charge in [0.2, 0.25) is 0 Å². The molecule has 5 heteroatoms. The third-order valence-electron chi connectivity index (χ3n) is 3.22. The summed E-state index contributed by atoms with van der Waals surface area (Å²) in [6, 6.07) is 9.68. The second kappa shape index (κ2) is 5.09. The highest BCUT2D eigenvalue weighted by atomic mass is 32.1. The van der Waals surface area contributed by atoms with E-state index in [1.165, 1.54) is 11.3 Å². The number of aryl methyl sites for hydroxylation is 2. The van der Waals surface area contributed by atoms with Crippen LogP contribution in [0, 0.1) is 6.92 Å². The predicted molar refractivity (Wildman–Crippen MR) is 82.5 cm³/mol. The molecule has 0 unspecified atom stereocenters. The number of nitrogens with zero attached hydrogens (tertiary/aromatic N) is 1. The Kier molecular flexibility index (Phi) is 3.28. The van der Waals surface area contributed by atoms with Crippen molar-refractivity contribution >= 4 is 33.3 Å². The molecular weight excluding hydrogens is 270 g/mol. The lowest BCUT2D eigenvalue weighted by Gasteiger charge is -1.98. The average Bonchev–Trinajstić information content (AvgIpc) is 3.01. The summed E-state index contributed by atoms with van der Waals surface area (Å²) in [7, 11) is 0. The zero-order valence-corrected chi connectivity index (χ0v) is 12.2. The fourth-order valence-corrected chi connectivity index (χ4v) is 3.07. The van der Waals surface area contributed by atoms with Gasteiger partial charge in [0.15, 0.2) is 5.13 Å². The Hall–Kier alpha value is -2.14. The lowest BCUT2D eigenvalue weighted by atomic mass is 10.2. The quantitative estimate of drug-likeness (QED) is 0.770. The van der Waals surface area contributed by atoms with E-state index < -0.39 is 0 Å². The highest BCUT2D eigenvalue weighted by Gasteiger charge is 2.13. The van der Waals surface area contributed by atoms with E-state index in [1.54, 1.807) is 0 Å². The molecule has 0 atom stereocenters. The molecule has 0 radical (unpaired) electrons. The van der Waals surface area contributed by atoms with Crippen LogP contribution in [0.15, 0.2) is 30.3 Å². The van der Waals surface area contributed by atoms with Crippen molar-refractivity contribution in [1.82, 2.24) is 9.97 Å². The van der Waals surface area contributed by atoms with Crippen molar-refractivity contribution in [3.05, 3.63) is 46.6 Å². The third-order valence-corrected chi connectivity index (χ3v) is 4.15. The van der Waals surface area contributed by atoms with Crippen molar-refractivity contribution in [2.45, 2.75) is 20.3 Å². The molecule has 0 aliphatic heterocycles. The van der Waals surface area contributed by atoms with E-state index in [1.807, 2.05) is 37.3 Å². The topological polar surface area (TPSA) is 57.8 Å². The molecule has 102 valence electrons. The molecule has 1 amide bonds. The summed E-state index contributed by atoms with van der Waals surface area (Å²) in [6.45, 7) is 4.08. The van der Waals surface area contributed by atoms with Crippen molar-refractivity contribution in [3.63, 3.8) is 0 Å². The molecule has 2 aromatic heterocycles. The van der Waals surface area contributed by atoms with Gasteiger partial charge in [-0.05, 0) is 25.5 Å². The van der Waals surface area contributed by atoms with Crippen LogP contribution in [0.4, 0.5) is 5.13 Å². The highest BCUT2D eigenvalue weighted by molar-refractivity contribution is 7.15. The first-order chi connectivity index (χ1) is 9.67. The van der Waals surface area contributed by atoms with Crippen molar-refractivity contribution < 1.29 is 4.79 Å². The van der Waals surface area contributed by atoms with E-state index in [0.29, 0.717) is 10.8 Å². The monoisotopic (exact) mass is 285 g/mol. The molecule has 3 rings (SSSR count).